The van der Waals surface area contributed by atoms with Crippen molar-refractivity contribution in [3.05, 3.63) is 118 Å². The Morgan fingerprint density at radius 1 is 0.527 bits per heavy atom. The first-order valence-corrected chi connectivity index (χ1v) is 30.3. The first-order chi connectivity index (χ1) is 34.8. The van der Waals surface area contributed by atoms with Crippen LogP contribution in [0.15, 0.2) is 78.9 Å². The van der Waals surface area contributed by atoms with E-state index in [1.807, 2.05) is 0 Å². The normalized spacial score (nSPS) is 30.6. The van der Waals surface area contributed by atoms with Gasteiger partial charge in [0.1, 0.15) is 5.82 Å². The van der Waals surface area contributed by atoms with E-state index in [9.17, 15) is 0 Å². The van der Waals surface area contributed by atoms with Crippen molar-refractivity contribution in [3.63, 3.8) is 0 Å². The topological polar surface area (TPSA) is 19.4 Å². The maximum absolute atomic E-state index is 6.47. The zero-order valence-corrected chi connectivity index (χ0v) is 48.3. The van der Waals surface area contributed by atoms with Crippen LogP contribution in [0.3, 0.4) is 0 Å². The number of rotatable bonds is 3. The highest BCUT2D eigenvalue weighted by Crippen LogP contribution is 2.74. The summed E-state index contributed by atoms with van der Waals surface area (Å²) in [5.74, 6) is 7.63. The molecule has 11 aliphatic rings. The SMILES string of the molecule is CC(C)(C)c1ccc(N2c3nc(C45CC6C7CC8CC6C(C4)C(C8)C7C5)cc4c3B(c3cc5c(cc3N4c3ccc4c(c3)C(C)(C)CCC4(C)C)C(C)(C)CCC5(C)C)c3sc4ccc(C(C)(C)C)cc4c32)cc1. The predicted octanol–water partition coefficient (Wildman–Crippen LogP) is 16.6. The smallest absolute Gasteiger partial charge is 0.266 e. The highest BCUT2D eigenvalue weighted by atomic mass is 32.1. The lowest BCUT2D eigenvalue weighted by Gasteiger charge is -2.72. The summed E-state index contributed by atoms with van der Waals surface area (Å²) in [6.07, 6.45) is 13.3. The molecule has 5 heteroatoms. The second-order valence-corrected chi connectivity index (χ2v) is 32.2. The number of nitrogens with zero attached hydrogens (tertiary/aromatic N) is 3. The minimum absolute atomic E-state index is 0.0126. The molecule has 0 amide bonds. The Balaban J connectivity index is 1.07. The Morgan fingerprint density at radius 2 is 1.05 bits per heavy atom. The number of hydrogen-bond acceptors (Lipinski definition) is 4. The zero-order chi connectivity index (χ0) is 51.3. The second-order valence-electron chi connectivity index (χ2n) is 31.1. The lowest BCUT2D eigenvalue weighted by molar-refractivity contribution is -0.213. The Kier molecular flexibility index (Phi) is 9.26. The van der Waals surface area contributed by atoms with Gasteiger partial charge in [0.15, 0.2) is 0 Å². The Hall–Kier alpha value is -4.35. The molecular formula is C69H82BN3S. The van der Waals surface area contributed by atoms with Crippen molar-refractivity contribution in [2.24, 2.45) is 41.4 Å². The monoisotopic (exact) mass is 996 g/mol. The lowest BCUT2D eigenvalue weighted by Crippen LogP contribution is -2.66. The van der Waals surface area contributed by atoms with E-state index in [1.54, 1.807) is 11.1 Å². The summed E-state index contributed by atoms with van der Waals surface area (Å²) in [4.78, 5) is 12.0. The molecule has 2 aromatic heterocycles. The third kappa shape index (κ3) is 6.29. The molecular weight excluding hydrogens is 914 g/mol. The molecule has 4 heterocycles. The molecule has 3 nitrogen and oxygen atoms in total. The molecule has 7 fully saturated rings. The molecule has 382 valence electrons. The van der Waals surface area contributed by atoms with Gasteiger partial charge in [-0.3, -0.25) is 4.90 Å². The van der Waals surface area contributed by atoms with E-state index in [0.29, 0.717) is 0 Å². The molecule has 2 aliphatic heterocycles. The first-order valence-electron chi connectivity index (χ1n) is 29.5. The van der Waals surface area contributed by atoms with Gasteiger partial charge in [-0.15, -0.1) is 11.3 Å². The molecule has 9 aliphatic carbocycles. The minimum atomic E-state index is 0.0126. The molecule has 0 saturated heterocycles. The van der Waals surface area contributed by atoms with Crippen molar-refractivity contribution in [3.8, 4) is 0 Å². The third-order valence-corrected chi connectivity index (χ3v) is 24.2. The van der Waals surface area contributed by atoms with Crippen molar-refractivity contribution in [2.75, 3.05) is 9.80 Å². The van der Waals surface area contributed by atoms with Crippen LogP contribution in [0.4, 0.5) is 34.3 Å². The van der Waals surface area contributed by atoms with E-state index in [1.165, 1.54) is 152 Å². The first kappa shape index (κ1) is 46.9. The summed E-state index contributed by atoms with van der Waals surface area (Å²) < 4.78 is 2.85. The van der Waals surface area contributed by atoms with E-state index in [0.717, 1.165) is 41.4 Å². The van der Waals surface area contributed by atoms with Crippen LogP contribution in [-0.2, 0) is 37.9 Å². The number of aromatic nitrogens is 1. The van der Waals surface area contributed by atoms with Crippen LogP contribution in [0.1, 0.15) is 200 Å². The Bertz CT molecular complexity index is 3340. The molecule has 8 bridgehead atoms. The van der Waals surface area contributed by atoms with Crippen molar-refractivity contribution >= 4 is 78.1 Å². The molecule has 6 aromatic rings. The highest BCUT2D eigenvalue weighted by molar-refractivity contribution is 7.33. The number of fused-ring (bicyclic) bond motifs is 8. The summed E-state index contributed by atoms with van der Waals surface area (Å²) >= 11 is 2.06. The van der Waals surface area contributed by atoms with E-state index in [2.05, 4.69) is 197 Å². The number of anilines is 6. The fraction of sp³-hybridized carbons (Fsp3) is 0.551. The summed E-state index contributed by atoms with van der Waals surface area (Å²) in [5.41, 5.74) is 20.4. The Morgan fingerprint density at radius 3 is 1.64 bits per heavy atom. The molecule has 0 spiro atoms. The van der Waals surface area contributed by atoms with E-state index in [4.69, 9.17) is 4.98 Å². The van der Waals surface area contributed by atoms with Crippen LogP contribution < -0.4 is 25.5 Å². The second kappa shape index (κ2) is 14.6. The number of benzene rings is 4. The highest BCUT2D eigenvalue weighted by Gasteiger charge is 2.68. The van der Waals surface area contributed by atoms with Crippen molar-refractivity contribution < 1.29 is 0 Å². The largest absolute Gasteiger partial charge is 0.311 e. The van der Waals surface area contributed by atoms with Gasteiger partial charge in [-0.25, -0.2) is 4.98 Å². The fourth-order valence-corrected chi connectivity index (χ4v) is 20.0. The lowest BCUT2D eigenvalue weighted by atomic mass is 9.32. The maximum atomic E-state index is 6.47. The maximum Gasteiger partial charge on any atom is 0.266 e. The zero-order valence-electron chi connectivity index (χ0n) is 47.4. The third-order valence-electron chi connectivity index (χ3n) is 23.0. The minimum Gasteiger partial charge on any atom is -0.311 e. The van der Waals surface area contributed by atoms with Gasteiger partial charge in [0, 0.05) is 43.0 Å². The summed E-state index contributed by atoms with van der Waals surface area (Å²) in [7, 11) is 0. The van der Waals surface area contributed by atoms with E-state index < -0.39 is 0 Å². The van der Waals surface area contributed by atoms with Gasteiger partial charge in [0.2, 0.25) is 0 Å². The van der Waals surface area contributed by atoms with Crippen LogP contribution in [0.25, 0.3) is 10.1 Å². The summed E-state index contributed by atoms with van der Waals surface area (Å²) in [6.45, 7) is 34.4. The van der Waals surface area contributed by atoms with Crippen molar-refractivity contribution in [1.82, 2.24) is 4.98 Å². The van der Waals surface area contributed by atoms with Gasteiger partial charge < -0.3 is 4.90 Å². The molecule has 74 heavy (non-hydrogen) atoms. The predicted molar refractivity (Wildman–Crippen MR) is 315 cm³/mol. The average Bonchev–Trinajstić information content (AvgIpc) is 3.79. The fourth-order valence-electron chi connectivity index (χ4n) is 18.7. The van der Waals surface area contributed by atoms with Gasteiger partial charge in [0.05, 0.1) is 11.4 Å². The van der Waals surface area contributed by atoms with Gasteiger partial charge >= 0.3 is 0 Å². The summed E-state index contributed by atoms with van der Waals surface area (Å²) in [6, 6.07) is 33.2. The van der Waals surface area contributed by atoms with Crippen molar-refractivity contribution in [2.45, 2.75) is 199 Å². The Labute approximate surface area is 448 Å². The molecule has 17 rings (SSSR count). The molecule has 0 atom stereocenters. The van der Waals surface area contributed by atoms with Crippen LogP contribution >= 0.6 is 11.3 Å². The van der Waals surface area contributed by atoms with Crippen LogP contribution in [0, 0.1) is 41.4 Å². The average molecular weight is 996 g/mol. The van der Waals surface area contributed by atoms with Crippen LogP contribution in [0.2, 0.25) is 0 Å². The van der Waals surface area contributed by atoms with E-state index >= 15 is 0 Å². The number of hydrogen-bond donors (Lipinski definition) is 0. The van der Waals surface area contributed by atoms with E-state index in [-0.39, 0.29) is 44.6 Å². The molecule has 7 saturated carbocycles. The van der Waals surface area contributed by atoms with Crippen LogP contribution in [0.5, 0.6) is 0 Å². The van der Waals surface area contributed by atoms with Gasteiger partial charge in [-0.2, -0.15) is 0 Å². The molecule has 0 N–H and O–H groups in total. The molecule has 0 unspecified atom stereocenters. The molecule has 0 radical (unpaired) electrons. The number of thiophene rings is 1. The summed E-state index contributed by atoms with van der Waals surface area (Å²) in [5, 5.41) is 1.38. The standard InChI is InChI=1S/C69H82BN3S/c1-63(2,3)39-15-18-41(19-16-39)73-60-46-30-40(64(4,5)6)17-22-57(46)74-61(60)70-54-32-52-53(68(13,14)26-25-67(52,11)12)33-55(54)72(42-20-21-50-51(31-42)66(9,10)24-23-65(50,7)8)56-34-58(71-62(73)59(56)70)69-35-47-43-27-38-28-44(47)49(37-69)45(29-38)48(43)36-69/h15-22,30-34,38,43-45,47-49H,23-29,35-37H2,1-14H3. The quantitative estimate of drug-likeness (QED) is 0.164. The van der Waals surface area contributed by atoms with Crippen LogP contribution in [-0.4, -0.2) is 11.7 Å². The van der Waals surface area contributed by atoms with Gasteiger partial charge in [0.25, 0.3) is 6.71 Å². The molecule has 4 aromatic carbocycles. The van der Waals surface area contributed by atoms with Gasteiger partial charge in [-0.1, -0.05) is 127 Å². The number of pyridine rings is 1. The van der Waals surface area contributed by atoms with Gasteiger partial charge in [-0.05, 0) is 231 Å². The van der Waals surface area contributed by atoms with Crippen molar-refractivity contribution in [1.29, 1.82) is 0 Å².